The van der Waals surface area contributed by atoms with Gasteiger partial charge in [-0.05, 0) is 81.6 Å². The third kappa shape index (κ3) is 7.08. The normalized spacial score (nSPS) is 27.8. The standard InChI is InChI=1S/C33H46O6/c1-5-6-7-8-9-10-11-25-20-28-31(37-21-24-12-14-26(36-4)15-13-24)30(27(25)17-19-34)29(35)16-18-33(28)22-38-32(2,3)39-23-33/h5-6,12-15,19-20,25,27,30-31H,7-11,16-18,21-23H2,1-4H3/b6-5+/t25-,27+,30+,31?/m1/s1. The summed E-state index contributed by atoms with van der Waals surface area (Å²) in [5.41, 5.74) is 1.76. The molecule has 4 rings (SSSR count). The number of hydrogen-bond acceptors (Lipinski definition) is 6. The number of carbonyl (C=O) groups is 2. The fraction of sp³-hybridized carbons (Fsp3) is 0.636. The Bertz CT molecular complexity index is 1010. The second kappa shape index (κ2) is 13.4. The first-order valence-corrected chi connectivity index (χ1v) is 14.6. The van der Waals surface area contributed by atoms with E-state index in [1.165, 1.54) is 0 Å². The van der Waals surface area contributed by atoms with Crippen LogP contribution in [0.25, 0.3) is 0 Å². The highest BCUT2D eigenvalue weighted by Crippen LogP contribution is 2.52. The quantitative estimate of drug-likeness (QED) is 0.169. The summed E-state index contributed by atoms with van der Waals surface area (Å²) in [6.07, 6.45) is 14.2. The van der Waals surface area contributed by atoms with Crippen molar-refractivity contribution in [2.75, 3.05) is 20.3 Å². The molecule has 4 atom stereocenters. The van der Waals surface area contributed by atoms with E-state index in [0.29, 0.717) is 39.1 Å². The molecule has 0 radical (unpaired) electrons. The number of methoxy groups -OCH3 is 1. The van der Waals surface area contributed by atoms with Gasteiger partial charge in [0.1, 0.15) is 17.8 Å². The number of Topliss-reactive ketones (excluding diaryl/α,β-unsaturated/α-hetero) is 1. The molecule has 0 amide bonds. The van der Waals surface area contributed by atoms with E-state index in [-0.39, 0.29) is 23.5 Å². The van der Waals surface area contributed by atoms with Gasteiger partial charge in [-0.3, -0.25) is 4.79 Å². The number of benzene rings is 1. The van der Waals surface area contributed by atoms with Crippen molar-refractivity contribution in [3.05, 3.63) is 53.6 Å². The van der Waals surface area contributed by atoms with Gasteiger partial charge in [0.15, 0.2) is 5.79 Å². The van der Waals surface area contributed by atoms with Crippen LogP contribution in [0.4, 0.5) is 0 Å². The van der Waals surface area contributed by atoms with Gasteiger partial charge in [-0.1, -0.05) is 43.2 Å². The average molecular weight is 539 g/mol. The zero-order valence-corrected chi connectivity index (χ0v) is 24.2. The molecule has 1 unspecified atom stereocenters. The highest BCUT2D eigenvalue weighted by Gasteiger charge is 2.54. The Hall–Kier alpha value is -2.28. The van der Waals surface area contributed by atoms with E-state index >= 15 is 0 Å². The lowest BCUT2D eigenvalue weighted by molar-refractivity contribution is -0.281. The van der Waals surface area contributed by atoms with Crippen LogP contribution in [0.2, 0.25) is 0 Å². The van der Waals surface area contributed by atoms with Gasteiger partial charge in [0.2, 0.25) is 0 Å². The molecule has 6 heteroatoms. The predicted octanol–water partition coefficient (Wildman–Crippen LogP) is 6.62. The van der Waals surface area contributed by atoms with Crippen LogP contribution < -0.4 is 4.74 Å². The number of carbonyl (C=O) groups excluding carboxylic acids is 2. The molecule has 2 aliphatic carbocycles. The SMILES string of the molecule is C/C=C/CCCCC[C@@H]1C=C2C(OCc3ccc(OC)cc3)[C@H](C(=O)CCC23COC(C)(C)OC3)[C@H]1CC=O. The summed E-state index contributed by atoms with van der Waals surface area (Å²) in [5, 5.41) is 0. The summed E-state index contributed by atoms with van der Waals surface area (Å²) in [6, 6.07) is 7.83. The van der Waals surface area contributed by atoms with Crippen molar-refractivity contribution in [2.45, 2.75) is 90.6 Å². The van der Waals surface area contributed by atoms with Crippen LogP contribution in [-0.2, 0) is 30.4 Å². The molecule has 0 aromatic heterocycles. The number of unbranched alkanes of at least 4 members (excludes halogenated alkanes) is 3. The number of ketones is 1. The van der Waals surface area contributed by atoms with Crippen LogP contribution in [0.1, 0.15) is 77.7 Å². The van der Waals surface area contributed by atoms with Crippen LogP contribution in [0.3, 0.4) is 0 Å². The van der Waals surface area contributed by atoms with Crippen molar-refractivity contribution in [3.8, 4) is 5.75 Å². The fourth-order valence-electron chi connectivity index (χ4n) is 6.53. The summed E-state index contributed by atoms with van der Waals surface area (Å²) < 4.78 is 24.4. The second-order valence-corrected chi connectivity index (χ2v) is 11.9. The molecule has 214 valence electrons. The van der Waals surface area contributed by atoms with E-state index in [4.69, 9.17) is 18.9 Å². The van der Waals surface area contributed by atoms with E-state index in [2.05, 4.69) is 25.2 Å². The van der Waals surface area contributed by atoms with Crippen molar-refractivity contribution in [1.29, 1.82) is 0 Å². The molecule has 1 aromatic carbocycles. The van der Waals surface area contributed by atoms with Gasteiger partial charge < -0.3 is 23.7 Å². The van der Waals surface area contributed by atoms with Gasteiger partial charge in [0.25, 0.3) is 0 Å². The van der Waals surface area contributed by atoms with Crippen molar-refractivity contribution in [2.24, 2.45) is 23.2 Å². The Morgan fingerprint density at radius 2 is 1.82 bits per heavy atom. The number of ether oxygens (including phenoxy) is 4. The number of hydrogen-bond donors (Lipinski definition) is 0. The molecule has 1 saturated carbocycles. The van der Waals surface area contributed by atoms with Gasteiger partial charge in [-0.2, -0.15) is 0 Å². The van der Waals surface area contributed by atoms with Crippen LogP contribution in [0.15, 0.2) is 48.1 Å². The molecule has 39 heavy (non-hydrogen) atoms. The molecule has 2 bridgehead atoms. The van der Waals surface area contributed by atoms with E-state index in [9.17, 15) is 9.59 Å². The van der Waals surface area contributed by atoms with Crippen molar-refractivity contribution < 1.29 is 28.5 Å². The van der Waals surface area contributed by atoms with E-state index in [1.54, 1.807) is 7.11 Å². The fourth-order valence-corrected chi connectivity index (χ4v) is 6.53. The molecule has 1 spiro atoms. The largest absolute Gasteiger partial charge is 0.497 e. The molecule has 1 aromatic rings. The third-order valence-electron chi connectivity index (χ3n) is 8.86. The first-order valence-electron chi connectivity index (χ1n) is 14.6. The van der Waals surface area contributed by atoms with Gasteiger partial charge in [0, 0.05) is 18.3 Å². The summed E-state index contributed by atoms with van der Waals surface area (Å²) in [5.74, 6) is 0.115. The maximum absolute atomic E-state index is 13.8. The van der Waals surface area contributed by atoms with Crippen LogP contribution >= 0.6 is 0 Å². The average Bonchev–Trinajstić information content (AvgIpc) is 3.01. The second-order valence-electron chi connectivity index (χ2n) is 11.9. The Morgan fingerprint density at radius 1 is 1.08 bits per heavy atom. The number of aldehydes is 1. The van der Waals surface area contributed by atoms with E-state index < -0.39 is 17.3 Å². The minimum absolute atomic E-state index is 0.0489. The monoisotopic (exact) mass is 538 g/mol. The van der Waals surface area contributed by atoms with Crippen LogP contribution in [0, 0.1) is 23.2 Å². The molecule has 2 fully saturated rings. The third-order valence-corrected chi connectivity index (χ3v) is 8.86. The van der Waals surface area contributed by atoms with Gasteiger partial charge in [-0.15, -0.1) is 0 Å². The van der Waals surface area contributed by atoms with Crippen molar-refractivity contribution >= 4 is 12.1 Å². The molecular weight excluding hydrogens is 492 g/mol. The van der Waals surface area contributed by atoms with E-state index in [0.717, 1.165) is 55.3 Å². The molecule has 1 heterocycles. The number of allylic oxidation sites excluding steroid dienone is 3. The molecule has 6 nitrogen and oxygen atoms in total. The summed E-state index contributed by atoms with van der Waals surface area (Å²) in [6.45, 7) is 7.32. The molecule has 3 aliphatic rings. The topological polar surface area (TPSA) is 71.1 Å². The van der Waals surface area contributed by atoms with Gasteiger partial charge >= 0.3 is 0 Å². The van der Waals surface area contributed by atoms with Gasteiger partial charge in [0.05, 0.1) is 39.0 Å². The first-order chi connectivity index (χ1) is 18.8. The van der Waals surface area contributed by atoms with E-state index in [1.807, 2.05) is 38.1 Å². The first kappa shape index (κ1) is 29.7. The van der Waals surface area contributed by atoms with Crippen molar-refractivity contribution in [1.82, 2.24) is 0 Å². The lowest BCUT2D eigenvalue weighted by atomic mass is 9.63. The number of rotatable bonds is 12. The Labute approximate surface area is 234 Å². The summed E-state index contributed by atoms with van der Waals surface area (Å²) in [4.78, 5) is 25.7. The highest BCUT2D eigenvalue weighted by molar-refractivity contribution is 5.84. The molecular formula is C33H46O6. The predicted molar refractivity (Wildman–Crippen MR) is 151 cm³/mol. The molecule has 1 aliphatic heterocycles. The molecule has 0 N–H and O–H groups in total. The lowest BCUT2D eigenvalue weighted by Crippen LogP contribution is -2.52. The molecule has 1 saturated heterocycles. The maximum Gasteiger partial charge on any atom is 0.162 e. The zero-order chi connectivity index (χ0) is 27.9. The maximum atomic E-state index is 13.8. The minimum Gasteiger partial charge on any atom is -0.497 e. The lowest BCUT2D eigenvalue weighted by Gasteiger charge is -2.49. The van der Waals surface area contributed by atoms with Crippen LogP contribution in [0.5, 0.6) is 5.75 Å². The summed E-state index contributed by atoms with van der Waals surface area (Å²) in [7, 11) is 1.65. The highest BCUT2D eigenvalue weighted by atomic mass is 16.7. The number of fused-ring (bicyclic) bond motifs is 3. The smallest absolute Gasteiger partial charge is 0.162 e. The minimum atomic E-state index is -0.651. The Morgan fingerprint density at radius 3 is 2.49 bits per heavy atom. The Balaban J connectivity index is 1.65. The van der Waals surface area contributed by atoms with Crippen molar-refractivity contribution in [3.63, 3.8) is 0 Å². The summed E-state index contributed by atoms with van der Waals surface area (Å²) >= 11 is 0. The Kier molecular flexibility index (Phi) is 10.2. The zero-order valence-electron chi connectivity index (χ0n) is 24.2. The van der Waals surface area contributed by atoms with Gasteiger partial charge in [-0.25, -0.2) is 0 Å². The van der Waals surface area contributed by atoms with Crippen LogP contribution in [-0.4, -0.2) is 44.3 Å².